The van der Waals surface area contributed by atoms with Gasteiger partial charge in [-0.05, 0) is 42.9 Å². The number of hydrogen-bond donors (Lipinski definition) is 1. The quantitative estimate of drug-likeness (QED) is 0.923. The van der Waals surface area contributed by atoms with Crippen LogP contribution in [0.3, 0.4) is 0 Å². The Labute approximate surface area is 121 Å². The Morgan fingerprint density at radius 2 is 1.90 bits per heavy atom. The van der Waals surface area contributed by atoms with Gasteiger partial charge in [-0.2, -0.15) is 0 Å². The summed E-state index contributed by atoms with van der Waals surface area (Å²) in [5.74, 6) is -0.364. The van der Waals surface area contributed by atoms with Gasteiger partial charge in [-0.25, -0.2) is 8.78 Å². The average Bonchev–Trinajstić information content (AvgIpc) is 2.44. The zero-order valence-corrected chi connectivity index (χ0v) is 11.8. The fraction of sp³-hybridized carbons (Fsp3) is 0.200. The molecule has 0 aliphatic carbocycles. The highest BCUT2D eigenvalue weighted by atomic mass is 35.5. The maximum Gasteiger partial charge on any atom is 0.142 e. The lowest BCUT2D eigenvalue weighted by Crippen LogP contribution is -2.19. The highest BCUT2D eigenvalue weighted by molar-refractivity contribution is 6.30. The molecule has 0 fully saturated rings. The summed E-state index contributed by atoms with van der Waals surface area (Å²) < 4.78 is 32.3. The number of halogens is 3. The van der Waals surface area contributed by atoms with Crippen LogP contribution in [0.1, 0.15) is 17.2 Å². The summed E-state index contributed by atoms with van der Waals surface area (Å²) in [6.45, 7) is 0. The molecule has 106 valence electrons. The summed E-state index contributed by atoms with van der Waals surface area (Å²) in [5, 5.41) is 3.08. The molecule has 2 aromatic rings. The fourth-order valence-electron chi connectivity index (χ4n) is 2.12. The van der Waals surface area contributed by atoms with Gasteiger partial charge in [0, 0.05) is 5.56 Å². The van der Waals surface area contributed by atoms with Gasteiger partial charge in [-0.1, -0.05) is 17.7 Å². The third-order valence-corrected chi connectivity index (χ3v) is 3.37. The van der Waals surface area contributed by atoms with E-state index in [2.05, 4.69) is 5.32 Å². The van der Waals surface area contributed by atoms with Crippen LogP contribution in [-0.4, -0.2) is 14.2 Å². The van der Waals surface area contributed by atoms with Gasteiger partial charge in [0.1, 0.15) is 17.4 Å². The summed E-state index contributed by atoms with van der Waals surface area (Å²) in [7, 11) is 3.22. The maximum atomic E-state index is 13.6. The summed E-state index contributed by atoms with van der Waals surface area (Å²) in [5.41, 5.74) is 1.23. The summed E-state index contributed by atoms with van der Waals surface area (Å²) in [6, 6.07) is 8.32. The molecule has 0 aliphatic heterocycles. The smallest absolute Gasteiger partial charge is 0.142 e. The number of methoxy groups -OCH3 is 1. The summed E-state index contributed by atoms with van der Waals surface area (Å²) in [6.07, 6.45) is 0. The van der Waals surface area contributed by atoms with Crippen molar-refractivity contribution >= 4 is 11.6 Å². The van der Waals surface area contributed by atoms with Crippen LogP contribution >= 0.6 is 11.6 Å². The Balaban J connectivity index is 2.51. The SMILES string of the molecule is CNC(c1ccc(Cl)c(F)c1)c1cc(F)ccc1OC. The van der Waals surface area contributed by atoms with Crippen LogP contribution in [0.2, 0.25) is 5.02 Å². The summed E-state index contributed by atoms with van der Waals surface area (Å²) >= 11 is 5.68. The molecular formula is C15H14ClF2NO. The average molecular weight is 298 g/mol. The van der Waals surface area contributed by atoms with E-state index in [0.29, 0.717) is 16.9 Å². The van der Waals surface area contributed by atoms with Crippen LogP contribution < -0.4 is 10.1 Å². The van der Waals surface area contributed by atoms with Crippen LogP contribution in [-0.2, 0) is 0 Å². The predicted molar refractivity (Wildman–Crippen MR) is 75.3 cm³/mol. The van der Waals surface area contributed by atoms with Crippen LogP contribution in [0.25, 0.3) is 0 Å². The van der Waals surface area contributed by atoms with E-state index in [0.717, 1.165) is 0 Å². The van der Waals surface area contributed by atoms with E-state index in [1.165, 1.54) is 31.4 Å². The molecule has 0 heterocycles. The van der Waals surface area contributed by atoms with Crippen molar-refractivity contribution in [2.24, 2.45) is 0 Å². The van der Waals surface area contributed by atoms with E-state index in [1.807, 2.05) is 0 Å². The molecule has 20 heavy (non-hydrogen) atoms. The summed E-state index contributed by atoms with van der Waals surface area (Å²) in [4.78, 5) is 0. The Kier molecular flexibility index (Phi) is 4.57. The Bertz CT molecular complexity index is 619. The van der Waals surface area contributed by atoms with Crippen molar-refractivity contribution in [3.63, 3.8) is 0 Å². The van der Waals surface area contributed by atoms with E-state index in [4.69, 9.17) is 16.3 Å². The molecule has 0 saturated heterocycles. The van der Waals surface area contributed by atoms with Gasteiger partial charge in [0.05, 0.1) is 18.2 Å². The zero-order valence-electron chi connectivity index (χ0n) is 11.1. The van der Waals surface area contributed by atoms with Gasteiger partial charge in [-0.15, -0.1) is 0 Å². The lowest BCUT2D eigenvalue weighted by molar-refractivity contribution is 0.403. The fourth-order valence-corrected chi connectivity index (χ4v) is 2.24. The highest BCUT2D eigenvalue weighted by Crippen LogP contribution is 2.31. The van der Waals surface area contributed by atoms with Crippen LogP contribution in [0.5, 0.6) is 5.75 Å². The highest BCUT2D eigenvalue weighted by Gasteiger charge is 2.18. The van der Waals surface area contributed by atoms with Crippen LogP contribution in [0.4, 0.5) is 8.78 Å². The molecule has 1 atom stereocenters. The third-order valence-electron chi connectivity index (χ3n) is 3.07. The van der Waals surface area contributed by atoms with Crippen molar-refractivity contribution in [3.05, 3.63) is 64.2 Å². The van der Waals surface area contributed by atoms with Gasteiger partial charge in [0.25, 0.3) is 0 Å². The molecule has 2 rings (SSSR count). The van der Waals surface area contributed by atoms with E-state index in [9.17, 15) is 8.78 Å². The Morgan fingerprint density at radius 1 is 1.15 bits per heavy atom. The monoisotopic (exact) mass is 297 g/mol. The first-order valence-electron chi connectivity index (χ1n) is 6.02. The molecule has 2 nitrogen and oxygen atoms in total. The van der Waals surface area contributed by atoms with Gasteiger partial charge in [-0.3, -0.25) is 0 Å². The first-order chi connectivity index (χ1) is 9.56. The van der Waals surface area contributed by atoms with Crippen molar-refractivity contribution in [3.8, 4) is 5.75 Å². The van der Waals surface area contributed by atoms with E-state index in [-0.39, 0.29) is 10.8 Å². The molecule has 0 aliphatic rings. The molecule has 0 saturated carbocycles. The molecular weight excluding hydrogens is 284 g/mol. The van der Waals surface area contributed by atoms with Gasteiger partial charge in [0.2, 0.25) is 0 Å². The second-order valence-corrected chi connectivity index (χ2v) is 4.69. The zero-order chi connectivity index (χ0) is 14.7. The minimum atomic E-state index is -0.514. The predicted octanol–water partition coefficient (Wildman–Crippen LogP) is 3.94. The second-order valence-electron chi connectivity index (χ2n) is 4.28. The van der Waals surface area contributed by atoms with Gasteiger partial charge < -0.3 is 10.1 Å². The molecule has 0 aromatic heterocycles. The molecule has 0 amide bonds. The number of rotatable bonds is 4. The van der Waals surface area contributed by atoms with Crippen molar-refractivity contribution in [1.82, 2.24) is 5.32 Å². The first kappa shape index (κ1) is 14.8. The normalized spacial score (nSPS) is 12.2. The molecule has 2 aromatic carbocycles. The van der Waals surface area contributed by atoms with E-state index in [1.54, 1.807) is 19.2 Å². The Hall–Kier alpha value is -1.65. The van der Waals surface area contributed by atoms with Crippen molar-refractivity contribution in [1.29, 1.82) is 0 Å². The van der Waals surface area contributed by atoms with E-state index >= 15 is 0 Å². The van der Waals surface area contributed by atoms with E-state index < -0.39 is 11.9 Å². The van der Waals surface area contributed by atoms with Crippen LogP contribution in [0, 0.1) is 11.6 Å². The maximum absolute atomic E-state index is 13.6. The largest absolute Gasteiger partial charge is 0.496 e. The number of hydrogen-bond acceptors (Lipinski definition) is 2. The molecule has 0 spiro atoms. The number of benzene rings is 2. The Morgan fingerprint density at radius 3 is 2.50 bits per heavy atom. The number of nitrogens with one attached hydrogen (secondary N) is 1. The van der Waals surface area contributed by atoms with Crippen LogP contribution in [0.15, 0.2) is 36.4 Å². The lowest BCUT2D eigenvalue weighted by Gasteiger charge is -2.20. The topological polar surface area (TPSA) is 21.3 Å². The van der Waals surface area contributed by atoms with Gasteiger partial charge >= 0.3 is 0 Å². The van der Waals surface area contributed by atoms with Crippen molar-refractivity contribution < 1.29 is 13.5 Å². The molecule has 0 radical (unpaired) electrons. The molecule has 0 bridgehead atoms. The molecule has 5 heteroatoms. The number of ether oxygens (including phenoxy) is 1. The minimum absolute atomic E-state index is 0.0508. The first-order valence-corrected chi connectivity index (χ1v) is 6.40. The standard InChI is InChI=1S/C15H14ClF2NO/c1-19-15(9-3-5-12(16)13(18)7-9)11-8-10(17)4-6-14(11)20-2/h3-8,15,19H,1-2H3. The van der Waals surface area contributed by atoms with Gasteiger partial charge in [0.15, 0.2) is 0 Å². The van der Waals surface area contributed by atoms with Crippen molar-refractivity contribution in [2.75, 3.05) is 14.2 Å². The van der Waals surface area contributed by atoms with Crippen molar-refractivity contribution in [2.45, 2.75) is 6.04 Å². The molecule has 1 unspecified atom stereocenters. The third kappa shape index (κ3) is 2.92. The second kappa shape index (κ2) is 6.20. The minimum Gasteiger partial charge on any atom is -0.496 e. The molecule has 1 N–H and O–H groups in total. The lowest BCUT2D eigenvalue weighted by atomic mass is 9.97.